The third kappa shape index (κ3) is 2.60. The summed E-state index contributed by atoms with van der Waals surface area (Å²) in [5, 5.41) is 2.95. The van der Waals surface area contributed by atoms with Gasteiger partial charge in [0.2, 0.25) is 5.91 Å². The van der Waals surface area contributed by atoms with E-state index in [1.54, 1.807) is 0 Å². The molecule has 3 nitrogen and oxygen atoms in total. The van der Waals surface area contributed by atoms with Crippen LogP contribution >= 0.6 is 0 Å². The molecule has 1 aliphatic heterocycles. The predicted molar refractivity (Wildman–Crippen MR) is 70.3 cm³/mol. The molecule has 0 saturated heterocycles. The Morgan fingerprint density at radius 1 is 1.24 bits per heavy atom. The van der Waals surface area contributed by atoms with Crippen molar-refractivity contribution in [3.05, 3.63) is 29.8 Å². The van der Waals surface area contributed by atoms with Gasteiger partial charge in [-0.15, -0.1) is 0 Å². The number of rotatable bonds is 0. The van der Waals surface area contributed by atoms with Crippen LogP contribution in [0.2, 0.25) is 0 Å². The van der Waals surface area contributed by atoms with E-state index in [1.807, 2.05) is 18.2 Å². The normalized spacial score (nSPS) is 16.9. The minimum absolute atomic E-state index is 0.0676. The van der Waals surface area contributed by atoms with Crippen molar-refractivity contribution in [1.29, 1.82) is 0 Å². The number of nitrogens with one attached hydrogen (secondary N) is 1. The van der Waals surface area contributed by atoms with Crippen LogP contribution in [0.5, 0.6) is 0 Å². The van der Waals surface area contributed by atoms with E-state index in [1.165, 1.54) is 5.69 Å². The monoisotopic (exact) mass is 232 g/mol. The first-order chi connectivity index (χ1) is 7.98. The number of fused-ring (bicyclic) bond motifs is 1. The Morgan fingerprint density at radius 3 is 2.65 bits per heavy atom. The Morgan fingerprint density at radius 2 is 1.94 bits per heavy atom. The molecule has 0 atom stereocenters. The average Bonchev–Trinajstić information content (AvgIpc) is 2.21. The lowest BCUT2D eigenvalue weighted by Crippen LogP contribution is -2.48. The zero-order valence-corrected chi connectivity index (χ0v) is 10.8. The quantitative estimate of drug-likeness (QED) is 0.741. The second-order valence-corrected chi connectivity index (χ2v) is 5.48. The van der Waals surface area contributed by atoms with Crippen molar-refractivity contribution in [2.24, 2.45) is 0 Å². The number of benzene rings is 1. The van der Waals surface area contributed by atoms with Gasteiger partial charge in [-0.1, -0.05) is 18.2 Å². The smallest absolute Gasteiger partial charge is 0.224 e. The molecule has 1 N–H and O–H groups in total. The van der Waals surface area contributed by atoms with E-state index in [9.17, 15) is 4.79 Å². The van der Waals surface area contributed by atoms with Crippen LogP contribution in [0.1, 0.15) is 26.3 Å². The number of hydrogen-bond donors (Lipinski definition) is 1. The summed E-state index contributed by atoms with van der Waals surface area (Å²) in [7, 11) is 0. The van der Waals surface area contributed by atoms with E-state index in [0.717, 1.165) is 12.1 Å². The molecule has 2 rings (SSSR count). The molecule has 0 radical (unpaired) electrons. The number of anilines is 1. The molecule has 0 fully saturated rings. The van der Waals surface area contributed by atoms with E-state index < -0.39 is 0 Å². The maximum atomic E-state index is 11.6. The van der Waals surface area contributed by atoms with Gasteiger partial charge in [-0.05, 0) is 32.4 Å². The lowest BCUT2D eigenvalue weighted by atomic mass is 10.00. The number of para-hydroxylation sites is 1. The van der Waals surface area contributed by atoms with Crippen molar-refractivity contribution in [1.82, 2.24) is 5.32 Å². The van der Waals surface area contributed by atoms with Gasteiger partial charge in [0.1, 0.15) is 0 Å². The van der Waals surface area contributed by atoms with Crippen LogP contribution in [0, 0.1) is 0 Å². The lowest BCUT2D eigenvalue weighted by molar-refractivity contribution is -0.120. The highest BCUT2D eigenvalue weighted by Gasteiger charge is 2.25. The fourth-order valence-corrected chi connectivity index (χ4v) is 2.28. The van der Waals surface area contributed by atoms with Crippen molar-refractivity contribution < 1.29 is 4.79 Å². The molecule has 1 aliphatic rings. The SMILES string of the molecule is CC(C)(C)N1CCNC(=O)Cc2ccccc21. The molecule has 0 bridgehead atoms. The standard InChI is InChI=1S/C14H20N2O/c1-14(2,3)16-9-8-15-13(17)10-11-6-4-5-7-12(11)16/h4-7H,8-10H2,1-3H3,(H,15,17). The van der Waals surface area contributed by atoms with Gasteiger partial charge in [0.25, 0.3) is 0 Å². The summed E-state index contributed by atoms with van der Waals surface area (Å²) in [6.45, 7) is 8.17. The van der Waals surface area contributed by atoms with Crippen molar-refractivity contribution >= 4 is 11.6 Å². The summed E-state index contributed by atoms with van der Waals surface area (Å²) >= 11 is 0. The third-order valence-electron chi connectivity index (χ3n) is 3.10. The Balaban J connectivity index is 2.44. The molecule has 1 amide bonds. The van der Waals surface area contributed by atoms with E-state index in [2.05, 4.69) is 37.1 Å². The van der Waals surface area contributed by atoms with E-state index >= 15 is 0 Å². The predicted octanol–water partition coefficient (Wildman–Crippen LogP) is 1.96. The summed E-state index contributed by atoms with van der Waals surface area (Å²) in [5.74, 6) is 0.117. The Bertz CT molecular complexity index is 420. The summed E-state index contributed by atoms with van der Waals surface area (Å²) in [5.41, 5.74) is 2.37. The van der Waals surface area contributed by atoms with Gasteiger partial charge in [-0.3, -0.25) is 4.79 Å². The molecular formula is C14H20N2O. The average molecular weight is 232 g/mol. The first kappa shape index (κ1) is 12.0. The Hall–Kier alpha value is -1.51. The maximum absolute atomic E-state index is 11.6. The highest BCUT2D eigenvalue weighted by Crippen LogP contribution is 2.28. The van der Waals surface area contributed by atoms with Crippen molar-refractivity contribution in [3.8, 4) is 0 Å². The van der Waals surface area contributed by atoms with Gasteiger partial charge in [-0.2, -0.15) is 0 Å². The van der Waals surface area contributed by atoms with Crippen molar-refractivity contribution in [3.63, 3.8) is 0 Å². The molecule has 0 aliphatic carbocycles. The van der Waals surface area contributed by atoms with Gasteiger partial charge in [-0.25, -0.2) is 0 Å². The van der Waals surface area contributed by atoms with Crippen LogP contribution < -0.4 is 10.2 Å². The molecule has 1 heterocycles. The highest BCUT2D eigenvalue weighted by atomic mass is 16.1. The fraction of sp³-hybridized carbons (Fsp3) is 0.500. The second kappa shape index (κ2) is 4.40. The number of amides is 1. The number of carbonyl (C=O) groups is 1. The molecule has 92 valence electrons. The van der Waals surface area contributed by atoms with Gasteiger partial charge in [0.15, 0.2) is 0 Å². The topological polar surface area (TPSA) is 32.3 Å². The lowest BCUT2D eigenvalue weighted by Gasteiger charge is -2.40. The van der Waals surface area contributed by atoms with Crippen LogP contribution in [-0.4, -0.2) is 24.5 Å². The summed E-state index contributed by atoms with van der Waals surface area (Å²) < 4.78 is 0. The second-order valence-electron chi connectivity index (χ2n) is 5.48. The van der Waals surface area contributed by atoms with E-state index in [0.29, 0.717) is 13.0 Å². The molecule has 0 saturated carbocycles. The van der Waals surface area contributed by atoms with Crippen molar-refractivity contribution in [2.75, 3.05) is 18.0 Å². The summed E-state index contributed by atoms with van der Waals surface area (Å²) in [6.07, 6.45) is 0.475. The zero-order chi connectivity index (χ0) is 12.5. The van der Waals surface area contributed by atoms with Crippen LogP contribution in [-0.2, 0) is 11.2 Å². The van der Waals surface area contributed by atoms with Crippen LogP contribution in [0.25, 0.3) is 0 Å². The van der Waals surface area contributed by atoms with Crippen LogP contribution in [0.15, 0.2) is 24.3 Å². The van der Waals surface area contributed by atoms with E-state index in [4.69, 9.17) is 0 Å². The van der Waals surface area contributed by atoms with Crippen LogP contribution in [0.4, 0.5) is 5.69 Å². The molecule has 0 unspecified atom stereocenters. The maximum Gasteiger partial charge on any atom is 0.224 e. The Labute approximate surface area is 103 Å². The van der Waals surface area contributed by atoms with Gasteiger partial charge < -0.3 is 10.2 Å². The first-order valence-corrected chi connectivity index (χ1v) is 6.11. The number of carbonyl (C=O) groups excluding carboxylic acids is 1. The molecule has 17 heavy (non-hydrogen) atoms. The Kier molecular flexibility index (Phi) is 3.09. The molecule has 1 aromatic rings. The summed E-state index contributed by atoms with van der Waals surface area (Å²) in [6, 6.07) is 8.18. The zero-order valence-electron chi connectivity index (χ0n) is 10.8. The molecule has 1 aromatic carbocycles. The largest absolute Gasteiger partial charge is 0.365 e. The van der Waals surface area contributed by atoms with Gasteiger partial charge in [0, 0.05) is 24.3 Å². The molecule has 0 aromatic heterocycles. The number of nitrogens with zero attached hydrogens (tertiary/aromatic N) is 1. The minimum Gasteiger partial charge on any atom is -0.365 e. The van der Waals surface area contributed by atoms with Crippen LogP contribution in [0.3, 0.4) is 0 Å². The minimum atomic E-state index is 0.0676. The van der Waals surface area contributed by atoms with E-state index in [-0.39, 0.29) is 11.4 Å². The first-order valence-electron chi connectivity index (χ1n) is 6.11. The third-order valence-corrected chi connectivity index (χ3v) is 3.10. The number of hydrogen-bond acceptors (Lipinski definition) is 2. The van der Waals surface area contributed by atoms with Gasteiger partial charge in [0.05, 0.1) is 6.42 Å². The fourth-order valence-electron chi connectivity index (χ4n) is 2.28. The van der Waals surface area contributed by atoms with Crippen molar-refractivity contribution in [2.45, 2.75) is 32.7 Å². The van der Waals surface area contributed by atoms with Gasteiger partial charge >= 0.3 is 0 Å². The molecule has 0 spiro atoms. The highest BCUT2D eigenvalue weighted by molar-refractivity contribution is 5.81. The molecule has 3 heteroatoms. The molecular weight excluding hydrogens is 212 g/mol. The summed E-state index contributed by atoms with van der Waals surface area (Å²) in [4.78, 5) is 14.0.